The number of rotatable bonds is 4. The summed E-state index contributed by atoms with van der Waals surface area (Å²) >= 11 is 1.62. The van der Waals surface area contributed by atoms with Crippen molar-refractivity contribution in [2.45, 2.75) is 29.8 Å². The molecule has 1 aromatic heterocycles. The molecule has 1 aliphatic rings. The van der Waals surface area contributed by atoms with Crippen molar-refractivity contribution in [1.29, 1.82) is 5.26 Å². The summed E-state index contributed by atoms with van der Waals surface area (Å²) in [6, 6.07) is 10.0. The van der Waals surface area contributed by atoms with E-state index in [1.807, 2.05) is 28.9 Å². The van der Waals surface area contributed by atoms with E-state index in [1.165, 1.54) is 0 Å². The summed E-state index contributed by atoms with van der Waals surface area (Å²) in [5.41, 5.74) is 1.83. The van der Waals surface area contributed by atoms with Gasteiger partial charge in [0, 0.05) is 19.0 Å². The Kier molecular flexibility index (Phi) is 4.48. The molecule has 21 heavy (non-hydrogen) atoms. The molecule has 0 amide bonds. The summed E-state index contributed by atoms with van der Waals surface area (Å²) in [5.74, 6) is 0.787. The van der Waals surface area contributed by atoms with E-state index >= 15 is 0 Å². The van der Waals surface area contributed by atoms with Crippen LogP contribution in [0.2, 0.25) is 0 Å². The molecule has 6 nitrogen and oxygen atoms in total. The Hall–Kier alpha value is -1.91. The molecule has 0 bridgehead atoms. The van der Waals surface area contributed by atoms with E-state index in [0.29, 0.717) is 11.6 Å². The fourth-order valence-electron chi connectivity index (χ4n) is 2.26. The van der Waals surface area contributed by atoms with Crippen molar-refractivity contribution in [3.63, 3.8) is 0 Å². The van der Waals surface area contributed by atoms with Crippen molar-refractivity contribution >= 4 is 11.8 Å². The Bertz CT molecular complexity index is 628. The van der Waals surface area contributed by atoms with Gasteiger partial charge in [-0.3, -0.25) is 0 Å². The molecule has 0 unspecified atom stereocenters. The molecule has 7 heteroatoms. The molecule has 1 saturated heterocycles. The first-order chi connectivity index (χ1) is 10.4. The van der Waals surface area contributed by atoms with Crippen molar-refractivity contribution in [2.75, 3.05) is 13.2 Å². The molecule has 0 N–H and O–H groups in total. The number of nitrogens with zero attached hydrogens (tertiary/aromatic N) is 5. The number of hydrogen-bond donors (Lipinski definition) is 0. The zero-order valence-electron chi connectivity index (χ0n) is 11.5. The van der Waals surface area contributed by atoms with Crippen molar-refractivity contribution in [3.05, 3.63) is 35.4 Å². The second-order valence-electron chi connectivity index (χ2n) is 4.85. The number of thioether (sulfide) groups is 1. The molecule has 2 aromatic rings. The van der Waals surface area contributed by atoms with E-state index < -0.39 is 0 Å². The van der Waals surface area contributed by atoms with E-state index in [-0.39, 0.29) is 0 Å². The Labute approximate surface area is 127 Å². The molecule has 0 saturated carbocycles. The van der Waals surface area contributed by atoms with Gasteiger partial charge in [0.1, 0.15) is 0 Å². The normalized spacial score (nSPS) is 15.8. The minimum atomic E-state index is 0.331. The molecule has 0 aliphatic carbocycles. The predicted molar refractivity (Wildman–Crippen MR) is 77.6 cm³/mol. The van der Waals surface area contributed by atoms with Crippen molar-refractivity contribution in [2.24, 2.45) is 0 Å². The number of nitriles is 1. The largest absolute Gasteiger partial charge is 0.381 e. The average molecular weight is 301 g/mol. The second kappa shape index (κ2) is 6.70. The van der Waals surface area contributed by atoms with E-state index in [9.17, 15) is 0 Å². The van der Waals surface area contributed by atoms with Gasteiger partial charge in [0.05, 0.1) is 17.7 Å². The molecule has 0 radical (unpaired) electrons. The van der Waals surface area contributed by atoms with Gasteiger partial charge in [-0.05, 0) is 41.0 Å². The van der Waals surface area contributed by atoms with Crippen LogP contribution in [-0.2, 0) is 10.5 Å². The lowest BCUT2D eigenvalue weighted by Crippen LogP contribution is -2.21. The number of tetrazole rings is 1. The SMILES string of the molecule is N#Cc1ccc(CSc2nnnn2C2CCOCC2)cc1. The van der Waals surface area contributed by atoms with Crippen LogP contribution in [0.3, 0.4) is 0 Å². The Morgan fingerprint density at radius 2 is 2.05 bits per heavy atom. The van der Waals surface area contributed by atoms with Crippen LogP contribution in [0.4, 0.5) is 0 Å². The van der Waals surface area contributed by atoms with Crippen LogP contribution >= 0.6 is 11.8 Å². The summed E-state index contributed by atoms with van der Waals surface area (Å²) in [6.07, 6.45) is 1.91. The minimum Gasteiger partial charge on any atom is -0.381 e. The summed E-state index contributed by atoms with van der Waals surface area (Å²) in [5, 5.41) is 21.7. The van der Waals surface area contributed by atoms with Crippen LogP contribution in [0.15, 0.2) is 29.4 Å². The smallest absolute Gasteiger partial charge is 0.209 e. The van der Waals surface area contributed by atoms with Crippen molar-refractivity contribution in [3.8, 4) is 6.07 Å². The van der Waals surface area contributed by atoms with Crippen LogP contribution < -0.4 is 0 Å². The molecule has 1 aromatic carbocycles. The van der Waals surface area contributed by atoms with Crippen LogP contribution in [0.25, 0.3) is 0 Å². The zero-order chi connectivity index (χ0) is 14.5. The Balaban J connectivity index is 1.65. The highest BCUT2D eigenvalue weighted by Crippen LogP contribution is 2.26. The Morgan fingerprint density at radius 3 is 2.76 bits per heavy atom. The number of benzene rings is 1. The van der Waals surface area contributed by atoms with Gasteiger partial charge in [0.25, 0.3) is 0 Å². The first-order valence-electron chi connectivity index (χ1n) is 6.84. The molecule has 108 valence electrons. The van der Waals surface area contributed by atoms with E-state index in [0.717, 1.165) is 42.5 Å². The quantitative estimate of drug-likeness (QED) is 0.806. The molecular formula is C14H15N5OS. The fraction of sp³-hybridized carbons (Fsp3) is 0.429. The predicted octanol–water partition coefficient (Wildman–Crippen LogP) is 2.19. The van der Waals surface area contributed by atoms with Crippen LogP contribution in [0, 0.1) is 11.3 Å². The highest BCUT2D eigenvalue weighted by Gasteiger charge is 2.20. The van der Waals surface area contributed by atoms with E-state index in [2.05, 4.69) is 21.6 Å². The van der Waals surface area contributed by atoms with Gasteiger partial charge >= 0.3 is 0 Å². The van der Waals surface area contributed by atoms with Crippen LogP contribution in [-0.4, -0.2) is 33.4 Å². The van der Waals surface area contributed by atoms with Gasteiger partial charge in [-0.25, -0.2) is 4.68 Å². The van der Waals surface area contributed by atoms with Gasteiger partial charge in [0.15, 0.2) is 0 Å². The second-order valence-corrected chi connectivity index (χ2v) is 5.79. The lowest BCUT2D eigenvalue weighted by Gasteiger charge is -2.22. The molecule has 1 aliphatic heterocycles. The highest BCUT2D eigenvalue weighted by atomic mass is 32.2. The summed E-state index contributed by atoms with van der Waals surface area (Å²) in [4.78, 5) is 0. The molecule has 0 atom stereocenters. The minimum absolute atomic E-state index is 0.331. The first-order valence-corrected chi connectivity index (χ1v) is 7.83. The fourth-order valence-corrected chi connectivity index (χ4v) is 3.16. The average Bonchev–Trinajstić information content (AvgIpc) is 3.03. The van der Waals surface area contributed by atoms with Crippen LogP contribution in [0.5, 0.6) is 0 Å². The number of aromatic nitrogens is 4. The van der Waals surface area contributed by atoms with Gasteiger partial charge in [-0.1, -0.05) is 23.9 Å². The maximum atomic E-state index is 8.79. The lowest BCUT2D eigenvalue weighted by molar-refractivity contribution is 0.0631. The van der Waals surface area contributed by atoms with Crippen molar-refractivity contribution < 1.29 is 4.74 Å². The van der Waals surface area contributed by atoms with E-state index in [1.54, 1.807) is 11.8 Å². The third-order valence-corrected chi connectivity index (χ3v) is 4.45. The Morgan fingerprint density at radius 1 is 1.29 bits per heavy atom. The van der Waals surface area contributed by atoms with Gasteiger partial charge < -0.3 is 4.74 Å². The maximum Gasteiger partial charge on any atom is 0.209 e. The third kappa shape index (κ3) is 3.40. The molecule has 0 spiro atoms. The number of ether oxygens (including phenoxy) is 1. The maximum absolute atomic E-state index is 8.79. The molecule has 2 heterocycles. The molecular weight excluding hydrogens is 286 g/mol. The van der Waals surface area contributed by atoms with Gasteiger partial charge in [0.2, 0.25) is 5.16 Å². The first kappa shape index (κ1) is 14.0. The van der Waals surface area contributed by atoms with Gasteiger partial charge in [-0.15, -0.1) is 5.10 Å². The van der Waals surface area contributed by atoms with Gasteiger partial charge in [-0.2, -0.15) is 5.26 Å². The standard InChI is InChI=1S/C14H15N5OS/c15-9-11-1-3-12(4-2-11)10-21-14-16-17-18-19(14)13-5-7-20-8-6-13/h1-4,13H,5-8,10H2. The molecule has 1 fully saturated rings. The molecule has 3 rings (SSSR count). The van der Waals surface area contributed by atoms with E-state index in [4.69, 9.17) is 10.00 Å². The summed E-state index contributed by atoms with van der Waals surface area (Å²) in [7, 11) is 0. The topological polar surface area (TPSA) is 76.6 Å². The van der Waals surface area contributed by atoms with Crippen molar-refractivity contribution in [1.82, 2.24) is 20.2 Å². The summed E-state index contributed by atoms with van der Waals surface area (Å²) in [6.45, 7) is 1.54. The third-order valence-electron chi connectivity index (χ3n) is 3.45. The monoisotopic (exact) mass is 301 g/mol. The number of hydrogen-bond acceptors (Lipinski definition) is 6. The highest BCUT2D eigenvalue weighted by molar-refractivity contribution is 7.98. The van der Waals surface area contributed by atoms with Crippen LogP contribution in [0.1, 0.15) is 30.0 Å². The summed E-state index contributed by atoms with van der Waals surface area (Å²) < 4.78 is 7.29. The lowest BCUT2D eigenvalue weighted by atomic mass is 10.1. The zero-order valence-corrected chi connectivity index (χ0v) is 12.3.